The molecule has 1 aliphatic rings. The van der Waals surface area contributed by atoms with Gasteiger partial charge in [0, 0.05) is 37.3 Å². The Morgan fingerprint density at radius 1 is 1.18 bits per heavy atom. The van der Waals surface area contributed by atoms with Gasteiger partial charge in [-0.1, -0.05) is 42.5 Å². The molecule has 1 saturated heterocycles. The van der Waals surface area contributed by atoms with E-state index < -0.39 is 0 Å². The monoisotopic (exact) mass is 478 g/mol. The van der Waals surface area contributed by atoms with Gasteiger partial charge >= 0.3 is 0 Å². The number of rotatable bonds is 8. The van der Waals surface area contributed by atoms with Gasteiger partial charge in [0.05, 0.1) is 25.8 Å². The van der Waals surface area contributed by atoms with Gasteiger partial charge < -0.3 is 19.9 Å². The maximum Gasteiger partial charge on any atom is 0.253 e. The number of aromatic nitrogens is 1. The molecular formula is C27H34N4O2S. The first-order valence-electron chi connectivity index (χ1n) is 12.0. The van der Waals surface area contributed by atoms with Gasteiger partial charge in [0.1, 0.15) is 0 Å². The standard InChI is InChI=1S/C27H34N4O2S/c1-20-9-10-23-18-24(26(32)29-25(23)17-20)19-31(12-6-11-30-13-15-33-16-14-30)27(34)28-21(2)22-7-4-3-5-8-22/h3-5,7-10,17-18,21H,6,11-16,19H2,1-2H3,(H,28,34)(H,29,32)/t21-/m1/s1. The second-order valence-electron chi connectivity index (χ2n) is 9.03. The molecule has 2 N–H and O–H groups in total. The molecule has 0 spiro atoms. The number of ether oxygens (including phenoxy) is 1. The summed E-state index contributed by atoms with van der Waals surface area (Å²) >= 11 is 5.85. The molecule has 0 bridgehead atoms. The molecule has 1 aromatic heterocycles. The van der Waals surface area contributed by atoms with Crippen LogP contribution in [0.5, 0.6) is 0 Å². The van der Waals surface area contributed by atoms with Crippen LogP contribution in [0.4, 0.5) is 0 Å². The summed E-state index contributed by atoms with van der Waals surface area (Å²) in [7, 11) is 0. The van der Waals surface area contributed by atoms with E-state index in [0.717, 1.165) is 67.8 Å². The SMILES string of the molecule is Cc1ccc2cc(CN(CCCN3CCOCC3)C(=S)N[C@H](C)c3ccccc3)c(=O)[nH]c2c1. The lowest BCUT2D eigenvalue weighted by Crippen LogP contribution is -2.43. The Bertz CT molecular complexity index is 1160. The maximum atomic E-state index is 12.9. The zero-order chi connectivity index (χ0) is 23.9. The van der Waals surface area contributed by atoms with Crippen molar-refractivity contribution in [2.45, 2.75) is 32.9 Å². The van der Waals surface area contributed by atoms with Gasteiger partial charge in [-0.05, 0) is 61.1 Å². The predicted octanol–water partition coefficient (Wildman–Crippen LogP) is 4.00. The first kappa shape index (κ1) is 24.4. The fourth-order valence-corrected chi connectivity index (χ4v) is 4.68. The third kappa shape index (κ3) is 6.44. The lowest BCUT2D eigenvalue weighted by Gasteiger charge is -2.30. The fourth-order valence-electron chi connectivity index (χ4n) is 4.35. The number of nitrogens with one attached hydrogen (secondary N) is 2. The molecule has 2 heterocycles. The van der Waals surface area contributed by atoms with Gasteiger partial charge in [0.2, 0.25) is 0 Å². The predicted molar refractivity (Wildman–Crippen MR) is 142 cm³/mol. The zero-order valence-corrected chi connectivity index (χ0v) is 20.9. The molecule has 0 radical (unpaired) electrons. The molecule has 3 aromatic rings. The topological polar surface area (TPSA) is 60.6 Å². The second-order valence-corrected chi connectivity index (χ2v) is 9.41. The zero-order valence-electron chi connectivity index (χ0n) is 20.0. The molecule has 2 aromatic carbocycles. The van der Waals surface area contributed by atoms with E-state index in [-0.39, 0.29) is 11.6 Å². The molecule has 180 valence electrons. The van der Waals surface area contributed by atoms with Crippen LogP contribution in [0.25, 0.3) is 10.9 Å². The van der Waals surface area contributed by atoms with E-state index in [1.165, 1.54) is 5.56 Å². The van der Waals surface area contributed by atoms with Crippen LogP contribution in [0.1, 0.15) is 36.1 Å². The number of benzene rings is 2. The Kier molecular flexibility index (Phi) is 8.32. The summed E-state index contributed by atoms with van der Waals surface area (Å²) in [6.07, 6.45) is 0.965. The van der Waals surface area contributed by atoms with Crippen molar-refractivity contribution in [2.24, 2.45) is 0 Å². The number of fused-ring (bicyclic) bond motifs is 1. The minimum atomic E-state index is -0.0600. The highest BCUT2D eigenvalue weighted by Gasteiger charge is 2.17. The van der Waals surface area contributed by atoms with E-state index in [0.29, 0.717) is 11.7 Å². The van der Waals surface area contributed by atoms with Gasteiger partial charge in [-0.15, -0.1) is 0 Å². The van der Waals surface area contributed by atoms with Crippen molar-refractivity contribution >= 4 is 28.2 Å². The van der Waals surface area contributed by atoms with Crippen LogP contribution in [-0.2, 0) is 11.3 Å². The fraction of sp³-hybridized carbons (Fsp3) is 0.407. The summed E-state index contributed by atoms with van der Waals surface area (Å²) in [5, 5.41) is 5.18. The molecular weight excluding hydrogens is 444 g/mol. The van der Waals surface area contributed by atoms with Gasteiger partial charge in [-0.3, -0.25) is 9.69 Å². The van der Waals surface area contributed by atoms with Crippen molar-refractivity contribution < 1.29 is 4.74 Å². The number of hydrogen-bond acceptors (Lipinski definition) is 4. The quantitative estimate of drug-likeness (QED) is 0.478. The number of hydrogen-bond donors (Lipinski definition) is 2. The van der Waals surface area contributed by atoms with Crippen molar-refractivity contribution in [1.29, 1.82) is 0 Å². The largest absolute Gasteiger partial charge is 0.379 e. The highest BCUT2D eigenvalue weighted by molar-refractivity contribution is 7.80. The number of morpholine rings is 1. The number of thiocarbonyl (C=S) groups is 1. The Hall–Kier alpha value is -2.74. The minimum absolute atomic E-state index is 0.0600. The van der Waals surface area contributed by atoms with E-state index in [2.05, 4.69) is 51.3 Å². The molecule has 0 unspecified atom stereocenters. The average molecular weight is 479 g/mol. The number of H-pyrrole nitrogens is 1. The maximum absolute atomic E-state index is 12.9. The van der Waals surface area contributed by atoms with Crippen molar-refractivity contribution in [2.75, 3.05) is 39.4 Å². The van der Waals surface area contributed by atoms with Crippen molar-refractivity contribution in [3.05, 3.63) is 81.6 Å². The molecule has 1 atom stereocenters. The molecule has 34 heavy (non-hydrogen) atoms. The Morgan fingerprint density at radius 2 is 1.94 bits per heavy atom. The molecule has 4 rings (SSSR count). The van der Waals surface area contributed by atoms with E-state index in [1.54, 1.807) is 0 Å². The van der Waals surface area contributed by atoms with E-state index in [9.17, 15) is 4.79 Å². The minimum Gasteiger partial charge on any atom is -0.379 e. The highest BCUT2D eigenvalue weighted by atomic mass is 32.1. The van der Waals surface area contributed by atoms with Gasteiger partial charge in [-0.2, -0.15) is 0 Å². The summed E-state index contributed by atoms with van der Waals surface area (Å²) in [4.78, 5) is 20.5. The average Bonchev–Trinajstić information content (AvgIpc) is 2.85. The van der Waals surface area contributed by atoms with Crippen LogP contribution >= 0.6 is 12.2 Å². The van der Waals surface area contributed by atoms with E-state index in [1.807, 2.05) is 37.3 Å². The first-order chi connectivity index (χ1) is 16.5. The van der Waals surface area contributed by atoms with Gasteiger partial charge in [0.15, 0.2) is 5.11 Å². The molecule has 6 nitrogen and oxygen atoms in total. The number of pyridine rings is 1. The van der Waals surface area contributed by atoms with Crippen LogP contribution in [0.15, 0.2) is 59.4 Å². The van der Waals surface area contributed by atoms with Crippen LogP contribution in [-0.4, -0.2) is 59.3 Å². The lowest BCUT2D eigenvalue weighted by atomic mass is 10.1. The van der Waals surface area contributed by atoms with Crippen LogP contribution in [0.2, 0.25) is 0 Å². The highest BCUT2D eigenvalue weighted by Crippen LogP contribution is 2.16. The molecule has 0 saturated carbocycles. The summed E-state index contributed by atoms with van der Waals surface area (Å²) < 4.78 is 5.46. The summed E-state index contributed by atoms with van der Waals surface area (Å²) in [5.41, 5.74) is 3.83. The van der Waals surface area contributed by atoms with E-state index >= 15 is 0 Å². The summed E-state index contributed by atoms with van der Waals surface area (Å²) in [6.45, 7) is 9.90. The van der Waals surface area contributed by atoms with Crippen molar-refractivity contribution in [3.63, 3.8) is 0 Å². The molecule has 1 aliphatic heterocycles. The third-order valence-corrected chi connectivity index (χ3v) is 6.75. The summed E-state index contributed by atoms with van der Waals surface area (Å²) in [6, 6.07) is 18.5. The normalized spacial score (nSPS) is 15.2. The van der Waals surface area contributed by atoms with Crippen molar-refractivity contribution in [3.8, 4) is 0 Å². The van der Waals surface area contributed by atoms with Crippen LogP contribution in [0, 0.1) is 6.92 Å². The van der Waals surface area contributed by atoms with E-state index in [4.69, 9.17) is 17.0 Å². The lowest BCUT2D eigenvalue weighted by molar-refractivity contribution is 0.0367. The molecule has 7 heteroatoms. The second kappa shape index (κ2) is 11.6. The first-order valence-corrected chi connectivity index (χ1v) is 12.4. The molecule has 0 aliphatic carbocycles. The number of aryl methyl sites for hydroxylation is 1. The Morgan fingerprint density at radius 3 is 2.71 bits per heavy atom. The van der Waals surface area contributed by atoms with Gasteiger partial charge in [0.25, 0.3) is 5.56 Å². The van der Waals surface area contributed by atoms with Crippen LogP contribution < -0.4 is 10.9 Å². The third-order valence-electron chi connectivity index (χ3n) is 6.37. The van der Waals surface area contributed by atoms with Gasteiger partial charge in [-0.25, -0.2) is 0 Å². The number of nitrogens with zero attached hydrogens (tertiary/aromatic N) is 2. The number of aromatic amines is 1. The smallest absolute Gasteiger partial charge is 0.253 e. The van der Waals surface area contributed by atoms with Crippen LogP contribution in [0.3, 0.4) is 0 Å². The molecule has 1 fully saturated rings. The molecule has 0 amide bonds. The van der Waals surface area contributed by atoms with Crippen molar-refractivity contribution in [1.82, 2.24) is 20.1 Å². The Labute approximate surface area is 206 Å². The summed E-state index contributed by atoms with van der Waals surface area (Å²) in [5.74, 6) is 0. The Balaban J connectivity index is 1.49.